The molecule has 21 heavy (non-hydrogen) atoms. The van der Waals surface area contributed by atoms with Crippen LogP contribution in [0.25, 0.3) is 0 Å². The number of aliphatic hydroxyl groups excluding tert-OH is 1. The van der Waals surface area contributed by atoms with E-state index in [4.69, 9.17) is 10.00 Å². The molecule has 1 N–H and O–H groups in total. The SMILES string of the molecule is CC(O)c1ccc(Oc2ccc(C#N)cc2[N+](=O)[O-])nc1. The minimum Gasteiger partial charge on any atom is -0.432 e. The van der Waals surface area contributed by atoms with Crippen molar-refractivity contribution in [1.29, 1.82) is 5.26 Å². The van der Waals surface area contributed by atoms with Gasteiger partial charge in [0.2, 0.25) is 11.6 Å². The maximum absolute atomic E-state index is 11.0. The molecule has 1 heterocycles. The van der Waals surface area contributed by atoms with Gasteiger partial charge in [-0.1, -0.05) is 0 Å². The van der Waals surface area contributed by atoms with E-state index in [9.17, 15) is 15.2 Å². The van der Waals surface area contributed by atoms with E-state index in [2.05, 4.69) is 4.98 Å². The first kappa shape index (κ1) is 14.4. The highest BCUT2D eigenvalue weighted by Crippen LogP contribution is 2.31. The molecule has 2 rings (SSSR count). The summed E-state index contributed by atoms with van der Waals surface area (Å²) in [6, 6.07) is 8.86. The minimum absolute atomic E-state index is 0.00343. The number of benzene rings is 1. The first-order valence-electron chi connectivity index (χ1n) is 6.01. The molecule has 1 atom stereocenters. The first-order chi connectivity index (χ1) is 10.0. The van der Waals surface area contributed by atoms with Crippen molar-refractivity contribution in [2.45, 2.75) is 13.0 Å². The van der Waals surface area contributed by atoms with Gasteiger partial charge >= 0.3 is 5.69 Å². The molecule has 1 unspecified atom stereocenters. The van der Waals surface area contributed by atoms with E-state index in [0.717, 1.165) is 6.07 Å². The summed E-state index contributed by atoms with van der Waals surface area (Å²) in [5.74, 6) is 0.156. The van der Waals surface area contributed by atoms with Crippen molar-refractivity contribution in [1.82, 2.24) is 4.98 Å². The molecule has 1 aromatic carbocycles. The van der Waals surface area contributed by atoms with E-state index in [1.807, 2.05) is 6.07 Å². The lowest BCUT2D eigenvalue weighted by Gasteiger charge is -2.07. The Morgan fingerprint density at radius 2 is 2.19 bits per heavy atom. The van der Waals surface area contributed by atoms with Crippen LogP contribution in [0.5, 0.6) is 11.6 Å². The maximum atomic E-state index is 11.0. The van der Waals surface area contributed by atoms with Gasteiger partial charge in [-0.25, -0.2) is 4.98 Å². The van der Waals surface area contributed by atoms with Crippen LogP contribution in [0.4, 0.5) is 5.69 Å². The lowest BCUT2D eigenvalue weighted by Crippen LogP contribution is -1.97. The summed E-state index contributed by atoms with van der Waals surface area (Å²) < 4.78 is 5.36. The number of hydrogen-bond donors (Lipinski definition) is 1. The molecule has 0 saturated carbocycles. The third-order valence-corrected chi connectivity index (χ3v) is 2.74. The summed E-state index contributed by atoms with van der Waals surface area (Å²) in [5, 5.41) is 29.1. The van der Waals surface area contributed by atoms with E-state index in [1.54, 1.807) is 13.0 Å². The molecule has 0 fully saturated rings. The topological polar surface area (TPSA) is 109 Å². The second kappa shape index (κ2) is 5.98. The Hall–Kier alpha value is -2.98. The smallest absolute Gasteiger partial charge is 0.312 e. The number of hydrogen-bond acceptors (Lipinski definition) is 6. The Balaban J connectivity index is 2.31. The van der Waals surface area contributed by atoms with Crippen LogP contribution in [0.1, 0.15) is 24.2 Å². The molecular weight excluding hydrogens is 274 g/mol. The normalized spacial score (nSPS) is 11.5. The van der Waals surface area contributed by atoms with Crippen molar-refractivity contribution in [2.75, 3.05) is 0 Å². The molecule has 0 aliphatic carbocycles. The zero-order chi connectivity index (χ0) is 15.4. The molecule has 0 spiro atoms. The predicted octanol–water partition coefficient (Wildman–Crippen LogP) is 2.71. The number of nitro benzene ring substituents is 1. The van der Waals surface area contributed by atoms with Crippen LogP contribution in [0.2, 0.25) is 0 Å². The minimum atomic E-state index is -0.657. The van der Waals surface area contributed by atoms with Crippen LogP contribution in [0.15, 0.2) is 36.5 Å². The van der Waals surface area contributed by atoms with Crippen molar-refractivity contribution < 1.29 is 14.8 Å². The Morgan fingerprint density at radius 3 is 2.71 bits per heavy atom. The molecule has 7 nitrogen and oxygen atoms in total. The Morgan fingerprint density at radius 1 is 1.43 bits per heavy atom. The average Bonchev–Trinajstić information content (AvgIpc) is 2.48. The molecule has 0 aliphatic heterocycles. The number of aliphatic hydroxyl groups is 1. The first-order valence-corrected chi connectivity index (χ1v) is 6.01. The van der Waals surface area contributed by atoms with Crippen molar-refractivity contribution in [2.24, 2.45) is 0 Å². The van der Waals surface area contributed by atoms with Crippen LogP contribution in [-0.4, -0.2) is 15.0 Å². The lowest BCUT2D eigenvalue weighted by molar-refractivity contribution is -0.385. The summed E-state index contributed by atoms with van der Waals surface area (Å²) in [7, 11) is 0. The number of nitriles is 1. The maximum Gasteiger partial charge on any atom is 0.312 e. The molecule has 7 heteroatoms. The lowest BCUT2D eigenvalue weighted by atomic mass is 10.2. The van der Waals surface area contributed by atoms with Gasteiger partial charge in [-0.05, 0) is 30.7 Å². The molecule has 1 aromatic heterocycles. The van der Waals surface area contributed by atoms with Crippen molar-refractivity contribution in [3.8, 4) is 17.7 Å². The largest absolute Gasteiger partial charge is 0.432 e. The van der Waals surface area contributed by atoms with Gasteiger partial charge in [0, 0.05) is 18.3 Å². The Labute approximate surface area is 120 Å². The summed E-state index contributed by atoms with van der Waals surface area (Å²) in [6.45, 7) is 1.60. The van der Waals surface area contributed by atoms with Gasteiger partial charge in [-0.15, -0.1) is 0 Å². The molecule has 0 amide bonds. The van der Waals surface area contributed by atoms with Gasteiger partial charge in [-0.2, -0.15) is 5.26 Å². The number of ether oxygens (including phenoxy) is 1. The second-order valence-electron chi connectivity index (χ2n) is 4.26. The fourth-order valence-electron chi connectivity index (χ4n) is 1.63. The van der Waals surface area contributed by atoms with Crippen LogP contribution >= 0.6 is 0 Å². The number of nitro groups is 1. The van der Waals surface area contributed by atoms with Gasteiger partial charge in [0.05, 0.1) is 22.7 Å². The summed E-state index contributed by atoms with van der Waals surface area (Å²) in [4.78, 5) is 14.3. The van der Waals surface area contributed by atoms with E-state index in [1.165, 1.54) is 24.4 Å². The molecule has 0 radical (unpaired) electrons. The highest BCUT2D eigenvalue weighted by molar-refractivity contribution is 5.52. The number of rotatable bonds is 4. The standard InChI is InChI=1S/C14H11N3O4/c1-9(18)11-3-5-14(16-8-11)21-13-4-2-10(7-15)6-12(13)17(19)20/h2-6,8-9,18H,1H3. The summed E-state index contributed by atoms with van der Waals surface area (Å²) in [6.07, 6.45) is 0.769. The fraction of sp³-hybridized carbons (Fsp3) is 0.143. The van der Waals surface area contributed by atoms with Crippen LogP contribution in [-0.2, 0) is 0 Å². The van der Waals surface area contributed by atoms with E-state index in [0.29, 0.717) is 5.56 Å². The quantitative estimate of drug-likeness (QED) is 0.683. The van der Waals surface area contributed by atoms with Crippen LogP contribution < -0.4 is 4.74 Å². The third kappa shape index (κ3) is 3.32. The molecule has 0 aliphatic rings. The van der Waals surface area contributed by atoms with E-state index >= 15 is 0 Å². The number of aromatic nitrogens is 1. The van der Waals surface area contributed by atoms with Crippen molar-refractivity contribution in [3.63, 3.8) is 0 Å². The molecule has 106 valence electrons. The van der Waals surface area contributed by atoms with Crippen LogP contribution in [0, 0.1) is 21.4 Å². The average molecular weight is 285 g/mol. The molecular formula is C14H11N3O4. The summed E-state index contributed by atoms with van der Waals surface area (Å²) in [5.41, 5.74) is 0.471. The Kier molecular flexibility index (Phi) is 4.11. The second-order valence-corrected chi connectivity index (χ2v) is 4.26. The highest BCUT2D eigenvalue weighted by Gasteiger charge is 2.17. The van der Waals surface area contributed by atoms with Gasteiger partial charge in [-0.3, -0.25) is 10.1 Å². The molecule has 0 saturated heterocycles. The van der Waals surface area contributed by atoms with Crippen molar-refractivity contribution in [3.05, 3.63) is 57.8 Å². The molecule has 2 aromatic rings. The fourth-order valence-corrected chi connectivity index (χ4v) is 1.63. The van der Waals surface area contributed by atoms with Crippen LogP contribution in [0.3, 0.4) is 0 Å². The Bertz CT molecular complexity index is 705. The van der Waals surface area contributed by atoms with Gasteiger partial charge in [0.1, 0.15) is 0 Å². The summed E-state index contributed by atoms with van der Waals surface area (Å²) >= 11 is 0. The van der Waals surface area contributed by atoms with Crippen molar-refractivity contribution >= 4 is 5.69 Å². The number of nitrogens with zero attached hydrogens (tertiary/aromatic N) is 3. The monoisotopic (exact) mass is 285 g/mol. The third-order valence-electron chi connectivity index (χ3n) is 2.74. The van der Waals surface area contributed by atoms with E-state index in [-0.39, 0.29) is 22.9 Å². The number of pyridine rings is 1. The zero-order valence-corrected chi connectivity index (χ0v) is 11.1. The van der Waals surface area contributed by atoms with Gasteiger partial charge in [0.25, 0.3) is 0 Å². The predicted molar refractivity (Wildman–Crippen MR) is 72.8 cm³/mol. The van der Waals surface area contributed by atoms with Gasteiger partial charge in [0.15, 0.2) is 0 Å². The molecule has 0 bridgehead atoms. The van der Waals surface area contributed by atoms with Gasteiger partial charge < -0.3 is 9.84 Å². The van der Waals surface area contributed by atoms with E-state index < -0.39 is 11.0 Å². The zero-order valence-electron chi connectivity index (χ0n) is 11.1. The highest BCUT2D eigenvalue weighted by atomic mass is 16.6.